The molecule has 2 bridgehead atoms. The predicted octanol–water partition coefficient (Wildman–Crippen LogP) is 2.89. The van der Waals surface area contributed by atoms with E-state index in [2.05, 4.69) is 0 Å². The molecule has 2 atom stereocenters. The van der Waals surface area contributed by atoms with Gasteiger partial charge in [-0.3, -0.25) is 14.2 Å². The lowest BCUT2D eigenvalue weighted by molar-refractivity contribution is 0.0730. The minimum absolute atomic E-state index is 0.123. The summed E-state index contributed by atoms with van der Waals surface area (Å²) in [7, 11) is 0. The molecule has 3 aliphatic rings. The maximum absolute atomic E-state index is 13.3. The van der Waals surface area contributed by atoms with E-state index in [1.54, 1.807) is 24.4 Å². The number of likely N-dealkylation sites (tertiary alicyclic amines) is 1. The van der Waals surface area contributed by atoms with Gasteiger partial charge < -0.3 is 14.4 Å². The largest absolute Gasteiger partial charge is 0.454 e. The number of hydrogen-bond acceptors (Lipinski definition) is 4. The first-order valence-corrected chi connectivity index (χ1v) is 9.55. The number of amides is 1. The minimum atomic E-state index is -0.277. The number of ether oxygens (including phenoxy) is 2. The zero-order valence-corrected chi connectivity index (χ0v) is 15.3. The molecule has 1 aliphatic carbocycles. The van der Waals surface area contributed by atoms with Crippen molar-refractivity contribution in [3.05, 3.63) is 51.9 Å². The Hall–Kier alpha value is -2.76. The van der Waals surface area contributed by atoms with E-state index in [0.29, 0.717) is 23.1 Å². The Bertz CT molecular complexity index is 981. The van der Waals surface area contributed by atoms with Crippen LogP contribution in [0.3, 0.4) is 0 Å². The van der Waals surface area contributed by atoms with Crippen LogP contribution >= 0.6 is 0 Å². The normalized spacial score (nSPS) is 22.9. The first-order valence-electron chi connectivity index (χ1n) is 9.55. The number of rotatable bonds is 2. The average molecular weight is 366 g/mol. The number of hydrogen-bond donors (Lipinski definition) is 0. The van der Waals surface area contributed by atoms with Crippen molar-refractivity contribution in [1.82, 2.24) is 9.47 Å². The summed E-state index contributed by atoms with van der Waals surface area (Å²) < 4.78 is 12.3. The molecule has 0 radical (unpaired) electrons. The molecule has 1 saturated carbocycles. The topological polar surface area (TPSA) is 60.8 Å². The quantitative estimate of drug-likeness (QED) is 0.820. The van der Waals surface area contributed by atoms with E-state index in [9.17, 15) is 9.59 Å². The van der Waals surface area contributed by atoms with Gasteiger partial charge >= 0.3 is 0 Å². The number of benzene rings is 1. The van der Waals surface area contributed by atoms with Gasteiger partial charge in [0.05, 0.1) is 5.69 Å². The molecule has 6 nitrogen and oxygen atoms in total. The van der Waals surface area contributed by atoms with Gasteiger partial charge in [0.1, 0.15) is 5.56 Å². The van der Waals surface area contributed by atoms with Crippen molar-refractivity contribution in [2.45, 2.75) is 38.6 Å². The number of aryl methyl sites for hydroxylation is 1. The highest BCUT2D eigenvalue weighted by molar-refractivity contribution is 5.95. The van der Waals surface area contributed by atoms with E-state index in [0.717, 1.165) is 24.9 Å². The lowest BCUT2D eigenvalue weighted by Crippen LogP contribution is -2.39. The number of carbonyl (C=O) groups is 1. The molecule has 0 N–H and O–H groups in total. The standard InChI is InChI=1S/C21H22N2O4/c1-13-7-8-22(16-5-6-17-18(10-16)27-12-26-17)20(24)19(13)21(25)23-11-14-3-2-4-15(23)9-14/h5-8,10,14-15H,2-4,9,11-12H2,1H3/t14-,15+/m1/s1. The highest BCUT2D eigenvalue weighted by Crippen LogP contribution is 2.36. The van der Waals surface area contributed by atoms with Crippen LogP contribution in [0.5, 0.6) is 11.5 Å². The highest BCUT2D eigenvalue weighted by Gasteiger charge is 2.39. The predicted molar refractivity (Wildman–Crippen MR) is 99.7 cm³/mol. The molecule has 2 fully saturated rings. The Kier molecular flexibility index (Phi) is 3.74. The van der Waals surface area contributed by atoms with Gasteiger partial charge in [0.15, 0.2) is 11.5 Å². The molecular weight excluding hydrogens is 344 g/mol. The van der Waals surface area contributed by atoms with Gasteiger partial charge in [-0.25, -0.2) is 0 Å². The summed E-state index contributed by atoms with van der Waals surface area (Å²) in [5.41, 5.74) is 1.39. The van der Waals surface area contributed by atoms with Gasteiger partial charge in [-0.2, -0.15) is 0 Å². The molecule has 27 heavy (non-hydrogen) atoms. The summed E-state index contributed by atoms with van der Waals surface area (Å²) >= 11 is 0. The molecular formula is C21H22N2O4. The van der Waals surface area contributed by atoms with E-state index >= 15 is 0 Å². The fraction of sp³-hybridized carbons (Fsp3) is 0.429. The molecule has 140 valence electrons. The Morgan fingerprint density at radius 1 is 1.15 bits per heavy atom. The maximum atomic E-state index is 13.3. The Morgan fingerprint density at radius 3 is 2.85 bits per heavy atom. The lowest BCUT2D eigenvalue weighted by atomic mass is 9.90. The zero-order chi connectivity index (χ0) is 18.5. The Balaban J connectivity index is 1.55. The first kappa shape index (κ1) is 16.4. The molecule has 1 saturated heterocycles. The van der Waals surface area contributed by atoms with Gasteiger partial charge in [0, 0.05) is 24.8 Å². The number of aromatic nitrogens is 1. The SMILES string of the molecule is Cc1ccn(-c2ccc3c(c2)OCO3)c(=O)c1C(=O)N1C[C@@H]2CCC[C@H]1C2. The summed E-state index contributed by atoms with van der Waals surface area (Å²) in [5.74, 6) is 1.75. The van der Waals surface area contributed by atoms with Crippen LogP contribution in [-0.2, 0) is 0 Å². The van der Waals surface area contributed by atoms with Crippen molar-refractivity contribution in [3.8, 4) is 17.2 Å². The first-order chi connectivity index (χ1) is 13.1. The monoisotopic (exact) mass is 366 g/mol. The minimum Gasteiger partial charge on any atom is -0.454 e. The van der Waals surface area contributed by atoms with Crippen molar-refractivity contribution in [2.75, 3.05) is 13.3 Å². The van der Waals surface area contributed by atoms with Crippen LogP contribution in [0.15, 0.2) is 35.3 Å². The number of carbonyl (C=O) groups excluding carboxylic acids is 1. The molecule has 1 amide bonds. The van der Waals surface area contributed by atoms with E-state index in [-0.39, 0.29) is 29.9 Å². The van der Waals surface area contributed by atoms with Gasteiger partial charge in [-0.05, 0) is 55.9 Å². The van der Waals surface area contributed by atoms with Crippen LogP contribution in [0, 0.1) is 12.8 Å². The summed E-state index contributed by atoms with van der Waals surface area (Å²) in [6, 6.07) is 7.49. The number of pyridine rings is 1. The average Bonchev–Trinajstić information content (AvgIpc) is 3.24. The molecule has 6 heteroatoms. The van der Waals surface area contributed by atoms with Crippen molar-refractivity contribution in [1.29, 1.82) is 0 Å². The summed E-state index contributed by atoms with van der Waals surface area (Å²) in [6.45, 7) is 2.80. The third kappa shape index (κ3) is 2.62. The smallest absolute Gasteiger partial charge is 0.268 e. The van der Waals surface area contributed by atoms with Gasteiger partial charge in [0.2, 0.25) is 6.79 Å². The van der Waals surface area contributed by atoms with Crippen LogP contribution in [0.4, 0.5) is 0 Å². The molecule has 1 aromatic carbocycles. The summed E-state index contributed by atoms with van der Waals surface area (Å²) in [4.78, 5) is 28.4. The van der Waals surface area contributed by atoms with E-state index in [1.807, 2.05) is 17.9 Å². The molecule has 1 aromatic heterocycles. The highest BCUT2D eigenvalue weighted by atomic mass is 16.7. The Morgan fingerprint density at radius 2 is 2.00 bits per heavy atom. The van der Waals surface area contributed by atoms with Crippen LogP contribution < -0.4 is 15.0 Å². The third-order valence-corrected chi connectivity index (χ3v) is 6.06. The van der Waals surface area contributed by atoms with Crippen LogP contribution in [-0.4, -0.2) is 34.8 Å². The van der Waals surface area contributed by atoms with Crippen LogP contribution in [0.25, 0.3) is 5.69 Å². The van der Waals surface area contributed by atoms with Crippen molar-refractivity contribution < 1.29 is 14.3 Å². The number of fused-ring (bicyclic) bond motifs is 3. The van der Waals surface area contributed by atoms with Gasteiger partial charge in [0.25, 0.3) is 11.5 Å². The molecule has 5 rings (SSSR count). The van der Waals surface area contributed by atoms with E-state index < -0.39 is 0 Å². The summed E-state index contributed by atoms with van der Waals surface area (Å²) in [5, 5.41) is 0. The molecule has 3 heterocycles. The fourth-order valence-corrected chi connectivity index (χ4v) is 4.66. The van der Waals surface area contributed by atoms with E-state index in [4.69, 9.17) is 9.47 Å². The van der Waals surface area contributed by atoms with Crippen LogP contribution in [0.1, 0.15) is 41.6 Å². The van der Waals surface area contributed by atoms with Crippen molar-refractivity contribution in [3.63, 3.8) is 0 Å². The molecule has 2 aromatic rings. The second-order valence-electron chi connectivity index (χ2n) is 7.73. The maximum Gasteiger partial charge on any atom is 0.268 e. The molecule has 0 unspecified atom stereocenters. The van der Waals surface area contributed by atoms with Crippen molar-refractivity contribution in [2.24, 2.45) is 5.92 Å². The summed E-state index contributed by atoms with van der Waals surface area (Å²) in [6.07, 6.45) is 6.20. The second kappa shape index (κ2) is 6.15. The van der Waals surface area contributed by atoms with E-state index in [1.165, 1.54) is 17.4 Å². The zero-order valence-electron chi connectivity index (χ0n) is 15.3. The third-order valence-electron chi connectivity index (χ3n) is 6.06. The van der Waals surface area contributed by atoms with Crippen LogP contribution in [0.2, 0.25) is 0 Å². The van der Waals surface area contributed by atoms with Crippen molar-refractivity contribution >= 4 is 5.91 Å². The van der Waals surface area contributed by atoms with Gasteiger partial charge in [-0.1, -0.05) is 6.42 Å². The fourth-order valence-electron chi connectivity index (χ4n) is 4.66. The van der Waals surface area contributed by atoms with Gasteiger partial charge in [-0.15, -0.1) is 0 Å². The Labute approximate surface area is 157 Å². The second-order valence-corrected chi connectivity index (χ2v) is 7.73. The molecule has 0 spiro atoms. The number of nitrogens with zero attached hydrogens (tertiary/aromatic N) is 2. The lowest BCUT2D eigenvalue weighted by Gasteiger charge is -2.25. The molecule has 2 aliphatic heterocycles.